The summed E-state index contributed by atoms with van der Waals surface area (Å²) in [6, 6.07) is 4.87. The summed E-state index contributed by atoms with van der Waals surface area (Å²) in [7, 11) is -7.14. The number of thioether (sulfide) groups is 1. The first-order valence-electron chi connectivity index (χ1n) is 8.82. The van der Waals surface area contributed by atoms with Gasteiger partial charge in [0.2, 0.25) is 10.0 Å². The third-order valence-corrected chi connectivity index (χ3v) is 9.48. The van der Waals surface area contributed by atoms with Gasteiger partial charge in [-0.15, -0.1) is 0 Å². The van der Waals surface area contributed by atoms with Gasteiger partial charge in [-0.1, -0.05) is 6.07 Å². The fraction of sp³-hybridized carbons (Fsp3) is 0.647. The number of benzene rings is 1. The van der Waals surface area contributed by atoms with Gasteiger partial charge in [-0.3, -0.25) is 4.90 Å². The summed E-state index contributed by atoms with van der Waals surface area (Å²) in [5.41, 5.74) is 0.573. The zero-order valence-corrected chi connectivity index (χ0v) is 17.7. The number of nitrogens with zero attached hydrogens (tertiary/aromatic N) is 2. The van der Waals surface area contributed by atoms with Crippen molar-refractivity contribution in [2.75, 3.05) is 43.9 Å². The van der Waals surface area contributed by atoms with Crippen molar-refractivity contribution in [3.63, 3.8) is 0 Å². The molecule has 0 N–H and O–H groups in total. The second-order valence-electron chi connectivity index (χ2n) is 7.01. The fourth-order valence-corrected chi connectivity index (χ4v) is 7.13. The zero-order valence-electron chi connectivity index (χ0n) is 15.2. The first kappa shape index (κ1) is 20.1. The van der Waals surface area contributed by atoms with E-state index < -0.39 is 19.9 Å². The normalized spacial score (nSPS) is 23.8. The third kappa shape index (κ3) is 4.27. The van der Waals surface area contributed by atoms with E-state index >= 15 is 0 Å². The van der Waals surface area contributed by atoms with Crippen LogP contribution in [-0.2, 0) is 19.9 Å². The molecule has 2 aliphatic rings. The Balaban J connectivity index is 1.77. The van der Waals surface area contributed by atoms with Crippen molar-refractivity contribution in [1.29, 1.82) is 0 Å². The van der Waals surface area contributed by atoms with Crippen LogP contribution in [0.5, 0.6) is 0 Å². The minimum absolute atomic E-state index is 0.0412. The maximum atomic E-state index is 13.1. The number of hydrogen-bond acceptors (Lipinski definition) is 6. The fourth-order valence-electron chi connectivity index (χ4n) is 3.55. The average molecular weight is 419 g/mol. The Bertz CT molecular complexity index is 854. The van der Waals surface area contributed by atoms with Crippen LogP contribution < -0.4 is 0 Å². The number of aryl methyl sites for hydroxylation is 1. The highest BCUT2D eigenvalue weighted by Crippen LogP contribution is 2.27. The molecular formula is C17H26N2O4S3. The molecule has 1 atom stereocenters. The van der Waals surface area contributed by atoms with Crippen LogP contribution in [0.1, 0.15) is 18.4 Å². The lowest BCUT2D eigenvalue weighted by molar-refractivity contribution is 0.140. The van der Waals surface area contributed by atoms with Crippen LogP contribution in [0.25, 0.3) is 0 Å². The van der Waals surface area contributed by atoms with E-state index in [0.29, 0.717) is 24.7 Å². The molecule has 2 saturated heterocycles. The minimum Gasteiger partial charge on any atom is -0.297 e. The maximum absolute atomic E-state index is 13.1. The van der Waals surface area contributed by atoms with Crippen molar-refractivity contribution >= 4 is 31.6 Å². The molecule has 2 fully saturated rings. The van der Waals surface area contributed by atoms with Gasteiger partial charge < -0.3 is 0 Å². The van der Waals surface area contributed by atoms with E-state index in [-0.39, 0.29) is 9.79 Å². The van der Waals surface area contributed by atoms with Crippen molar-refractivity contribution in [2.24, 2.45) is 0 Å². The van der Waals surface area contributed by atoms with Crippen molar-refractivity contribution in [2.45, 2.75) is 35.6 Å². The topological polar surface area (TPSA) is 74.8 Å². The number of hydrogen-bond donors (Lipinski definition) is 0. The van der Waals surface area contributed by atoms with E-state index in [0.717, 1.165) is 25.1 Å². The molecule has 0 aliphatic carbocycles. The largest absolute Gasteiger partial charge is 0.297 e. The van der Waals surface area contributed by atoms with Crippen LogP contribution in [0.15, 0.2) is 28.0 Å². The molecule has 0 aromatic heterocycles. The first-order valence-corrected chi connectivity index (χ1v) is 13.3. The predicted octanol–water partition coefficient (Wildman–Crippen LogP) is 1.60. The molecule has 1 unspecified atom stereocenters. The molecule has 1 aromatic carbocycles. The van der Waals surface area contributed by atoms with E-state index in [1.165, 1.54) is 35.0 Å². The standard InChI is InChI=1S/C17H26N2O4S3/c1-14-5-6-16(25(2,20)21)12-17(14)26(22,23)19-9-7-18(8-10-19)15-4-3-11-24-13-15/h5-6,12,15H,3-4,7-11,13H2,1-2H3. The van der Waals surface area contributed by atoms with Crippen molar-refractivity contribution in [3.05, 3.63) is 23.8 Å². The molecule has 0 saturated carbocycles. The zero-order chi connectivity index (χ0) is 18.9. The Morgan fingerprint density at radius 3 is 2.35 bits per heavy atom. The molecule has 0 radical (unpaired) electrons. The second kappa shape index (κ2) is 7.79. The smallest absolute Gasteiger partial charge is 0.243 e. The van der Waals surface area contributed by atoms with Crippen molar-refractivity contribution in [1.82, 2.24) is 9.21 Å². The van der Waals surface area contributed by atoms with E-state index in [2.05, 4.69) is 4.90 Å². The van der Waals surface area contributed by atoms with E-state index in [9.17, 15) is 16.8 Å². The van der Waals surface area contributed by atoms with Crippen molar-refractivity contribution < 1.29 is 16.8 Å². The average Bonchev–Trinajstić information content (AvgIpc) is 2.62. The Kier molecular flexibility index (Phi) is 6.03. The molecule has 1 aromatic rings. The van der Waals surface area contributed by atoms with Crippen LogP contribution >= 0.6 is 11.8 Å². The highest BCUT2D eigenvalue weighted by molar-refractivity contribution is 7.99. The Morgan fingerprint density at radius 1 is 1.08 bits per heavy atom. The molecule has 2 heterocycles. The molecule has 146 valence electrons. The van der Waals surface area contributed by atoms with Gasteiger partial charge in [0.05, 0.1) is 9.79 Å². The quantitative estimate of drug-likeness (QED) is 0.739. The molecule has 0 amide bonds. The van der Waals surface area contributed by atoms with Crippen molar-refractivity contribution in [3.8, 4) is 0 Å². The Morgan fingerprint density at radius 2 is 1.77 bits per heavy atom. The van der Waals surface area contributed by atoms with Gasteiger partial charge in [-0.05, 0) is 43.2 Å². The van der Waals surface area contributed by atoms with Gasteiger partial charge in [0.15, 0.2) is 9.84 Å². The molecule has 9 heteroatoms. The van der Waals surface area contributed by atoms with E-state index in [4.69, 9.17) is 0 Å². The van der Waals surface area contributed by atoms with Crippen LogP contribution in [0.4, 0.5) is 0 Å². The molecule has 0 bridgehead atoms. The molecule has 0 spiro atoms. The number of sulfone groups is 1. The monoisotopic (exact) mass is 418 g/mol. The van der Waals surface area contributed by atoms with Gasteiger partial charge in [0, 0.05) is 44.2 Å². The summed E-state index contributed by atoms with van der Waals surface area (Å²) in [5, 5.41) is 0. The maximum Gasteiger partial charge on any atom is 0.243 e. The lowest BCUT2D eigenvalue weighted by Gasteiger charge is -2.40. The SMILES string of the molecule is Cc1ccc(S(C)(=O)=O)cc1S(=O)(=O)N1CCN(C2CCCSC2)CC1. The molecule has 26 heavy (non-hydrogen) atoms. The van der Waals surface area contributed by atoms with Gasteiger partial charge in [-0.2, -0.15) is 16.1 Å². The Labute approximate surface area is 160 Å². The highest BCUT2D eigenvalue weighted by Gasteiger charge is 2.32. The van der Waals surface area contributed by atoms with Crippen LogP contribution in [0.2, 0.25) is 0 Å². The summed E-state index contributed by atoms with van der Waals surface area (Å²) in [4.78, 5) is 2.54. The van der Waals surface area contributed by atoms with Crippen LogP contribution in [0.3, 0.4) is 0 Å². The van der Waals surface area contributed by atoms with Crippen LogP contribution in [0, 0.1) is 6.92 Å². The number of sulfonamides is 1. The minimum atomic E-state index is -3.69. The van der Waals surface area contributed by atoms with Gasteiger partial charge in [-0.25, -0.2) is 16.8 Å². The van der Waals surface area contributed by atoms with Gasteiger partial charge >= 0.3 is 0 Å². The summed E-state index contributed by atoms with van der Waals surface area (Å²) in [6.45, 7) is 4.07. The highest BCUT2D eigenvalue weighted by atomic mass is 32.2. The molecule has 6 nitrogen and oxygen atoms in total. The lowest BCUT2D eigenvalue weighted by atomic mass is 10.1. The number of rotatable bonds is 4. The molecule has 2 aliphatic heterocycles. The predicted molar refractivity (Wildman–Crippen MR) is 105 cm³/mol. The third-order valence-electron chi connectivity index (χ3n) is 5.13. The van der Waals surface area contributed by atoms with E-state index in [1.807, 2.05) is 11.8 Å². The van der Waals surface area contributed by atoms with Gasteiger partial charge in [0.1, 0.15) is 0 Å². The number of piperazine rings is 1. The summed E-state index contributed by atoms with van der Waals surface area (Å²) >= 11 is 1.98. The van der Waals surface area contributed by atoms with Crippen LogP contribution in [-0.4, -0.2) is 76.0 Å². The lowest BCUT2D eigenvalue weighted by Crippen LogP contribution is -2.53. The molecular weight excluding hydrogens is 392 g/mol. The summed E-state index contributed by atoms with van der Waals surface area (Å²) < 4.78 is 51.3. The van der Waals surface area contributed by atoms with Gasteiger partial charge in [0.25, 0.3) is 0 Å². The Hall–Kier alpha value is -0.610. The molecule has 3 rings (SSSR count). The summed E-state index contributed by atoms with van der Waals surface area (Å²) in [6.07, 6.45) is 3.51. The summed E-state index contributed by atoms with van der Waals surface area (Å²) in [5.74, 6) is 2.35. The van der Waals surface area contributed by atoms with E-state index in [1.54, 1.807) is 13.0 Å². The second-order valence-corrected chi connectivity index (χ2v) is 12.1. The first-order chi connectivity index (χ1) is 12.2.